The first-order chi connectivity index (χ1) is 14.7. The first kappa shape index (κ1) is 23.1. The monoisotopic (exact) mass is 418 g/mol. The second kappa shape index (κ2) is 11.7. The largest absolute Gasteiger partial charge is 0.379 e. The van der Waals surface area contributed by atoms with Crippen molar-refractivity contribution in [1.82, 2.24) is 24.7 Å². The fourth-order valence-corrected chi connectivity index (χ4v) is 5.01. The van der Waals surface area contributed by atoms with Crippen LogP contribution >= 0.6 is 0 Å². The van der Waals surface area contributed by atoms with Crippen molar-refractivity contribution in [2.45, 2.75) is 59.0 Å². The number of ether oxygens (including phenoxy) is 1. The highest BCUT2D eigenvalue weighted by atomic mass is 16.5. The van der Waals surface area contributed by atoms with Gasteiger partial charge < -0.3 is 19.5 Å². The van der Waals surface area contributed by atoms with Crippen LogP contribution in [0.5, 0.6) is 0 Å². The third-order valence-corrected chi connectivity index (χ3v) is 7.00. The minimum absolute atomic E-state index is 0.444. The lowest BCUT2D eigenvalue weighted by Gasteiger charge is -2.40. The summed E-state index contributed by atoms with van der Waals surface area (Å²) in [6.07, 6.45) is 9.51. The van der Waals surface area contributed by atoms with Gasteiger partial charge in [-0.1, -0.05) is 33.6 Å². The van der Waals surface area contributed by atoms with E-state index in [0.717, 1.165) is 58.4 Å². The van der Waals surface area contributed by atoms with E-state index < -0.39 is 0 Å². The van der Waals surface area contributed by atoms with Crippen LogP contribution in [0, 0.1) is 11.8 Å². The van der Waals surface area contributed by atoms with Crippen LogP contribution in [0.3, 0.4) is 0 Å². The maximum Gasteiger partial charge on any atom is 0.194 e. The first-order valence-electron chi connectivity index (χ1n) is 12.0. The van der Waals surface area contributed by atoms with E-state index in [1.165, 1.54) is 19.3 Å². The smallest absolute Gasteiger partial charge is 0.194 e. The lowest BCUT2D eigenvalue weighted by atomic mass is 9.92. The molecule has 7 heteroatoms. The molecule has 3 atom stereocenters. The summed E-state index contributed by atoms with van der Waals surface area (Å²) in [5.74, 6) is 2.39. The Kier molecular flexibility index (Phi) is 9.00. The zero-order valence-electron chi connectivity index (χ0n) is 19.5. The molecule has 1 aromatic rings. The number of likely N-dealkylation sites (tertiary alicyclic amines) is 1. The predicted molar refractivity (Wildman–Crippen MR) is 123 cm³/mol. The van der Waals surface area contributed by atoms with Crippen LogP contribution in [-0.4, -0.2) is 83.8 Å². The summed E-state index contributed by atoms with van der Waals surface area (Å²) < 4.78 is 7.87. The number of nitrogens with one attached hydrogen (secondary N) is 1. The molecule has 0 radical (unpaired) electrons. The minimum atomic E-state index is 0.444. The maximum absolute atomic E-state index is 5.61. The number of aromatic nitrogens is 2. The molecule has 0 aromatic carbocycles. The van der Waals surface area contributed by atoms with E-state index in [0.29, 0.717) is 23.9 Å². The van der Waals surface area contributed by atoms with Gasteiger partial charge >= 0.3 is 0 Å². The zero-order chi connectivity index (χ0) is 21.3. The first-order valence-corrected chi connectivity index (χ1v) is 12.0. The summed E-state index contributed by atoms with van der Waals surface area (Å²) in [5, 5.41) is 3.57. The molecular weight excluding hydrogens is 376 g/mol. The normalized spacial score (nSPS) is 25.0. The van der Waals surface area contributed by atoms with Gasteiger partial charge in [0.05, 0.1) is 32.1 Å². The van der Waals surface area contributed by atoms with Crippen LogP contribution in [-0.2, 0) is 4.74 Å². The Bertz CT molecular complexity index is 624. The Morgan fingerprint density at radius 1 is 1.20 bits per heavy atom. The molecule has 1 aromatic heterocycles. The number of hydrogen-bond donors (Lipinski definition) is 1. The highest BCUT2D eigenvalue weighted by Crippen LogP contribution is 2.27. The van der Waals surface area contributed by atoms with E-state index in [1.807, 2.05) is 12.5 Å². The fraction of sp³-hybridized carbons (Fsp3) is 0.826. The topological polar surface area (TPSA) is 57.9 Å². The average molecular weight is 419 g/mol. The molecule has 0 aliphatic carbocycles. The van der Waals surface area contributed by atoms with Gasteiger partial charge in [-0.05, 0) is 25.2 Å². The Morgan fingerprint density at radius 2 is 1.97 bits per heavy atom. The summed E-state index contributed by atoms with van der Waals surface area (Å²) in [6, 6.07) is 0.935. The third-order valence-electron chi connectivity index (χ3n) is 7.00. The van der Waals surface area contributed by atoms with E-state index >= 15 is 0 Å². The van der Waals surface area contributed by atoms with E-state index in [4.69, 9.17) is 9.73 Å². The molecule has 0 spiro atoms. The Balaban J connectivity index is 1.74. The third kappa shape index (κ3) is 5.76. The SMILES string of the molecule is CCNC(=NCC(C(CC)CC)N1CCOCC1)N1CCC(C)C(n2ccnc2)C1. The summed E-state index contributed by atoms with van der Waals surface area (Å²) in [7, 11) is 0. The van der Waals surface area contributed by atoms with Crippen molar-refractivity contribution in [3.8, 4) is 0 Å². The highest BCUT2D eigenvalue weighted by molar-refractivity contribution is 5.80. The lowest BCUT2D eigenvalue weighted by Crippen LogP contribution is -2.51. The minimum Gasteiger partial charge on any atom is -0.379 e. The van der Waals surface area contributed by atoms with Crippen molar-refractivity contribution in [2.24, 2.45) is 16.8 Å². The number of hydrogen-bond acceptors (Lipinski definition) is 4. The second-order valence-corrected chi connectivity index (χ2v) is 8.78. The molecule has 0 saturated carbocycles. The number of imidazole rings is 1. The summed E-state index contributed by atoms with van der Waals surface area (Å²) in [6.45, 7) is 16.7. The number of piperidine rings is 1. The molecule has 3 heterocycles. The number of aliphatic imine (C=N–C) groups is 1. The van der Waals surface area contributed by atoms with Gasteiger partial charge in [0.15, 0.2) is 5.96 Å². The van der Waals surface area contributed by atoms with Gasteiger partial charge in [-0.3, -0.25) is 9.89 Å². The van der Waals surface area contributed by atoms with Crippen molar-refractivity contribution in [1.29, 1.82) is 0 Å². The molecule has 2 fully saturated rings. The second-order valence-electron chi connectivity index (χ2n) is 8.78. The van der Waals surface area contributed by atoms with E-state index in [2.05, 4.69) is 58.6 Å². The highest BCUT2D eigenvalue weighted by Gasteiger charge is 2.30. The molecule has 2 aliphatic rings. The van der Waals surface area contributed by atoms with Crippen molar-refractivity contribution in [3.63, 3.8) is 0 Å². The van der Waals surface area contributed by atoms with Crippen molar-refractivity contribution in [3.05, 3.63) is 18.7 Å². The molecule has 2 saturated heterocycles. The fourth-order valence-electron chi connectivity index (χ4n) is 5.01. The molecule has 30 heavy (non-hydrogen) atoms. The van der Waals surface area contributed by atoms with Gasteiger partial charge in [0.2, 0.25) is 0 Å². The summed E-state index contributed by atoms with van der Waals surface area (Å²) in [5.41, 5.74) is 0. The number of rotatable bonds is 8. The predicted octanol–water partition coefficient (Wildman–Crippen LogP) is 2.87. The molecular formula is C23H42N6O. The molecule has 7 nitrogen and oxygen atoms in total. The Labute approximate surface area is 182 Å². The van der Waals surface area contributed by atoms with Crippen LogP contribution in [0.1, 0.15) is 53.0 Å². The Hall–Kier alpha value is -1.60. The molecule has 0 bridgehead atoms. The van der Waals surface area contributed by atoms with Crippen LogP contribution < -0.4 is 5.32 Å². The van der Waals surface area contributed by atoms with Gasteiger partial charge in [-0.15, -0.1) is 0 Å². The van der Waals surface area contributed by atoms with Gasteiger partial charge in [0.25, 0.3) is 0 Å². The van der Waals surface area contributed by atoms with Crippen LogP contribution in [0.25, 0.3) is 0 Å². The van der Waals surface area contributed by atoms with E-state index in [1.54, 1.807) is 0 Å². The average Bonchev–Trinajstić information content (AvgIpc) is 3.31. The van der Waals surface area contributed by atoms with Crippen molar-refractivity contribution < 1.29 is 4.74 Å². The van der Waals surface area contributed by atoms with Gasteiger partial charge in [-0.25, -0.2) is 4.98 Å². The standard InChI is InChI=1S/C23H42N6O/c1-5-20(6-2)21(27-12-14-30-15-13-27)16-26-23(25-7-3)28-10-8-19(4)22(17-28)29-11-9-24-18-29/h9,11,18-22H,5-8,10,12-17H2,1-4H3,(H,25,26). The Morgan fingerprint density at radius 3 is 2.60 bits per heavy atom. The van der Waals surface area contributed by atoms with E-state index in [-0.39, 0.29) is 0 Å². The molecule has 3 unspecified atom stereocenters. The van der Waals surface area contributed by atoms with E-state index in [9.17, 15) is 0 Å². The molecule has 1 N–H and O–H groups in total. The summed E-state index contributed by atoms with van der Waals surface area (Å²) in [4.78, 5) is 14.5. The number of nitrogens with zero attached hydrogens (tertiary/aromatic N) is 5. The molecule has 170 valence electrons. The molecule has 2 aliphatic heterocycles. The van der Waals surface area contributed by atoms with Crippen LogP contribution in [0.4, 0.5) is 0 Å². The number of guanidine groups is 1. The van der Waals surface area contributed by atoms with Crippen LogP contribution in [0.2, 0.25) is 0 Å². The van der Waals surface area contributed by atoms with Gasteiger partial charge in [0, 0.05) is 51.2 Å². The maximum atomic E-state index is 5.61. The molecule has 3 rings (SSSR count). The quantitative estimate of drug-likeness (QED) is 0.520. The van der Waals surface area contributed by atoms with Crippen LogP contribution in [0.15, 0.2) is 23.7 Å². The van der Waals surface area contributed by atoms with Gasteiger partial charge in [-0.2, -0.15) is 0 Å². The number of morpholine rings is 1. The van der Waals surface area contributed by atoms with Gasteiger partial charge in [0.1, 0.15) is 0 Å². The molecule has 0 amide bonds. The zero-order valence-corrected chi connectivity index (χ0v) is 19.5. The van der Waals surface area contributed by atoms with Crippen molar-refractivity contribution in [2.75, 3.05) is 52.5 Å². The van der Waals surface area contributed by atoms with Crippen molar-refractivity contribution >= 4 is 5.96 Å². The lowest BCUT2D eigenvalue weighted by molar-refractivity contribution is 0.00388. The summed E-state index contributed by atoms with van der Waals surface area (Å²) >= 11 is 0.